The van der Waals surface area contributed by atoms with Crippen LogP contribution in [0.5, 0.6) is 11.6 Å². The normalized spacial score (nSPS) is 20.2. The molecule has 1 aliphatic carbocycles. The van der Waals surface area contributed by atoms with Gasteiger partial charge in [0.15, 0.2) is 17.4 Å². The van der Waals surface area contributed by atoms with Gasteiger partial charge in [-0.25, -0.2) is 4.98 Å². The van der Waals surface area contributed by atoms with Gasteiger partial charge in [-0.1, -0.05) is 0 Å². The average molecular weight is 437 g/mol. The van der Waals surface area contributed by atoms with E-state index in [0.29, 0.717) is 35.4 Å². The average Bonchev–Trinajstić information content (AvgIpc) is 3.23. The quantitative estimate of drug-likeness (QED) is 0.657. The fourth-order valence-corrected chi connectivity index (χ4v) is 5.42. The number of rotatable bonds is 3. The summed E-state index contributed by atoms with van der Waals surface area (Å²) in [4.78, 5) is 8.92. The Balaban J connectivity index is 1.43. The zero-order valence-corrected chi connectivity index (χ0v) is 18.5. The Morgan fingerprint density at radius 3 is 2.66 bits per heavy atom. The van der Waals surface area contributed by atoms with E-state index in [1.54, 1.807) is 17.8 Å². The van der Waals surface area contributed by atoms with E-state index in [-0.39, 0.29) is 0 Å². The number of nitrogens with zero attached hydrogens (tertiary/aromatic N) is 7. The number of nitrogens with two attached hydrogens (primary N) is 1. The summed E-state index contributed by atoms with van der Waals surface area (Å²) < 4.78 is 13.1. The van der Waals surface area contributed by atoms with Crippen molar-refractivity contribution in [3.63, 3.8) is 0 Å². The summed E-state index contributed by atoms with van der Waals surface area (Å²) in [5.41, 5.74) is 8.97. The molecule has 3 aromatic rings. The summed E-state index contributed by atoms with van der Waals surface area (Å²) in [6.07, 6.45) is 6.32. The molecule has 32 heavy (non-hydrogen) atoms. The van der Waals surface area contributed by atoms with E-state index in [2.05, 4.69) is 32.0 Å². The number of piperidine rings is 1. The molecule has 3 aromatic heterocycles. The van der Waals surface area contributed by atoms with Gasteiger partial charge in [0, 0.05) is 44.0 Å². The maximum atomic E-state index is 6.13. The molecule has 2 fully saturated rings. The van der Waals surface area contributed by atoms with Crippen molar-refractivity contribution in [1.29, 1.82) is 0 Å². The van der Waals surface area contributed by atoms with E-state index in [4.69, 9.17) is 20.3 Å². The van der Waals surface area contributed by atoms with Gasteiger partial charge < -0.3 is 25.0 Å². The highest BCUT2D eigenvalue weighted by Gasteiger charge is 2.45. The van der Waals surface area contributed by atoms with E-state index in [1.165, 1.54) is 0 Å². The van der Waals surface area contributed by atoms with Crippen molar-refractivity contribution in [3.05, 3.63) is 18.3 Å². The van der Waals surface area contributed by atoms with Crippen LogP contribution < -0.4 is 25.0 Å². The molecule has 2 aliphatic heterocycles. The second-order valence-corrected chi connectivity index (χ2v) is 9.27. The number of anilines is 2. The monoisotopic (exact) mass is 436 g/mol. The largest absolute Gasteiger partial charge is 0.486 e. The Kier molecular flexibility index (Phi) is 4.39. The summed E-state index contributed by atoms with van der Waals surface area (Å²) in [6.45, 7) is 3.35. The first-order chi connectivity index (χ1) is 15.6. The number of hydrogen-bond donors (Lipinski definition) is 1. The van der Waals surface area contributed by atoms with Crippen LogP contribution in [0.2, 0.25) is 0 Å². The molecule has 1 saturated carbocycles. The highest BCUT2D eigenvalue weighted by molar-refractivity contribution is 5.82. The zero-order chi connectivity index (χ0) is 21.9. The number of pyridine rings is 1. The SMILES string of the molecule is COc1ccc(-c2nnc3c4c(c(N5CCC6(CC5)CC(N)C6)nn23)N(C)CCO4)cn1. The summed E-state index contributed by atoms with van der Waals surface area (Å²) in [5, 5.41) is 13.9. The van der Waals surface area contributed by atoms with Gasteiger partial charge >= 0.3 is 0 Å². The molecule has 10 heteroatoms. The van der Waals surface area contributed by atoms with E-state index in [1.807, 2.05) is 12.1 Å². The summed E-state index contributed by atoms with van der Waals surface area (Å²) in [5.74, 6) is 2.86. The summed E-state index contributed by atoms with van der Waals surface area (Å²) in [7, 11) is 3.69. The summed E-state index contributed by atoms with van der Waals surface area (Å²) >= 11 is 0. The summed E-state index contributed by atoms with van der Waals surface area (Å²) in [6, 6.07) is 4.11. The first-order valence-electron chi connectivity index (χ1n) is 11.2. The van der Waals surface area contributed by atoms with Crippen LogP contribution in [0.15, 0.2) is 18.3 Å². The lowest BCUT2D eigenvalue weighted by Gasteiger charge is -2.51. The van der Waals surface area contributed by atoms with Crippen molar-refractivity contribution in [2.75, 3.05) is 50.2 Å². The highest BCUT2D eigenvalue weighted by Crippen LogP contribution is 2.50. The molecule has 10 nitrogen and oxygen atoms in total. The minimum Gasteiger partial charge on any atom is -0.486 e. The second-order valence-electron chi connectivity index (χ2n) is 9.27. The van der Waals surface area contributed by atoms with Crippen LogP contribution >= 0.6 is 0 Å². The van der Waals surface area contributed by atoms with Crippen molar-refractivity contribution in [2.45, 2.75) is 31.7 Å². The van der Waals surface area contributed by atoms with Crippen LogP contribution in [0, 0.1) is 5.41 Å². The molecule has 0 bridgehead atoms. The van der Waals surface area contributed by atoms with Crippen LogP contribution in [0.1, 0.15) is 25.7 Å². The lowest BCUT2D eigenvalue weighted by atomic mass is 9.61. The molecule has 0 amide bonds. The van der Waals surface area contributed by atoms with Gasteiger partial charge in [0.1, 0.15) is 12.3 Å². The van der Waals surface area contributed by atoms with Gasteiger partial charge in [-0.2, -0.15) is 4.52 Å². The van der Waals surface area contributed by atoms with E-state index < -0.39 is 0 Å². The van der Waals surface area contributed by atoms with Gasteiger partial charge in [0.05, 0.1) is 13.7 Å². The molecule has 2 N–H and O–H groups in total. The van der Waals surface area contributed by atoms with Crippen molar-refractivity contribution in [3.8, 4) is 23.0 Å². The number of aromatic nitrogens is 5. The van der Waals surface area contributed by atoms with Crippen LogP contribution in [-0.4, -0.2) is 71.2 Å². The number of hydrogen-bond acceptors (Lipinski definition) is 9. The minimum atomic E-state index is 0.376. The van der Waals surface area contributed by atoms with Crippen LogP contribution in [0.4, 0.5) is 11.5 Å². The molecular formula is C22H28N8O2. The Labute approximate surface area is 186 Å². The topological polar surface area (TPSA) is 107 Å². The van der Waals surface area contributed by atoms with Crippen molar-refractivity contribution < 1.29 is 9.47 Å². The van der Waals surface area contributed by atoms with Crippen LogP contribution in [0.25, 0.3) is 17.0 Å². The Bertz CT molecular complexity index is 1140. The van der Waals surface area contributed by atoms with Crippen molar-refractivity contribution in [1.82, 2.24) is 24.8 Å². The third-order valence-corrected chi connectivity index (χ3v) is 7.24. The maximum Gasteiger partial charge on any atom is 0.222 e. The van der Waals surface area contributed by atoms with Gasteiger partial charge in [-0.15, -0.1) is 15.3 Å². The van der Waals surface area contributed by atoms with Gasteiger partial charge in [-0.3, -0.25) is 0 Å². The Morgan fingerprint density at radius 2 is 1.97 bits per heavy atom. The molecule has 1 spiro atoms. The van der Waals surface area contributed by atoms with Gasteiger partial charge in [0.25, 0.3) is 0 Å². The number of ether oxygens (including phenoxy) is 2. The van der Waals surface area contributed by atoms with Crippen molar-refractivity contribution in [2.24, 2.45) is 11.1 Å². The lowest BCUT2D eigenvalue weighted by molar-refractivity contribution is 0.0711. The molecule has 3 aliphatic rings. The Hall–Kier alpha value is -3.14. The highest BCUT2D eigenvalue weighted by atomic mass is 16.5. The fourth-order valence-electron chi connectivity index (χ4n) is 5.42. The second kappa shape index (κ2) is 7.19. The van der Waals surface area contributed by atoms with E-state index in [0.717, 1.165) is 68.1 Å². The van der Waals surface area contributed by atoms with E-state index >= 15 is 0 Å². The van der Waals surface area contributed by atoms with Gasteiger partial charge in [-0.05, 0) is 37.2 Å². The van der Waals surface area contributed by atoms with Crippen LogP contribution in [0.3, 0.4) is 0 Å². The molecule has 168 valence electrons. The smallest absolute Gasteiger partial charge is 0.222 e. The van der Waals surface area contributed by atoms with Crippen LogP contribution in [-0.2, 0) is 0 Å². The third-order valence-electron chi connectivity index (χ3n) is 7.24. The lowest BCUT2D eigenvalue weighted by Crippen LogP contribution is -2.52. The molecule has 1 saturated heterocycles. The Morgan fingerprint density at radius 1 is 1.16 bits per heavy atom. The molecule has 0 radical (unpaired) electrons. The third kappa shape index (κ3) is 2.96. The number of likely N-dealkylation sites (N-methyl/N-ethyl adjacent to an activating group) is 1. The zero-order valence-electron chi connectivity index (χ0n) is 18.5. The predicted molar refractivity (Wildman–Crippen MR) is 120 cm³/mol. The standard InChI is InChI=1S/C22H28N8O2/c1-28-9-10-32-18-17(28)20(29-7-5-22(6-8-29)11-15(23)12-22)27-30-19(25-26-21(18)30)14-3-4-16(31-2)24-13-14/h3-4,13,15H,5-12,23H2,1-2H3. The van der Waals surface area contributed by atoms with E-state index in [9.17, 15) is 0 Å². The molecule has 5 heterocycles. The molecule has 0 unspecified atom stereocenters. The van der Waals surface area contributed by atoms with Gasteiger partial charge in [0.2, 0.25) is 11.5 Å². The maximum absolute atomic E-state index is 6.13. The first-order valence-corrected chi connectivity index (χ1v) is 11.2. The number of methoxy groups -OCH3 is 1. The molecule has 6 rings (SSSR count). The number of fused-ring (bicyclic) bond motifs is 3. The minimum absolute atomic E-state index is 0.376. The molecule has 0 atom stereocenters. The molecular weight excluding hydrogens is 408 g/mol. The van der Waals surface area contributed by atoms with Crippen molar-refractivity contribution >= 4 is 17.2 Å². The molecule has 0 aromatic carbocycles. The predicted octanol–water partition coefficient (Wildman–Crippen LogP) is 1.73. The first kappa shape index (κ1) is 19.5. The fraction of sp³-hybridized carbons (Fsp3) is 0.545.